The molecule has 1 saturated heterocycles. The fraction of sp³-hybridized carbons (Fsp3) is 0.467. The van der Waals surface area contributed by atoms with E-state index in [-0.39, 0.29) is 16.9 Å². The summed E-state index contributed by atoms with van der Waals surface area (Å²) in [5, 5.41) is 0.0503. The van der Waals surface area contributed by atoms with Gasteiger partial charge in [-0.2, -0.15) is 0 Å². The van der Waals surface area contributed by atoms with Gasteiger partial charge in [-0.25, -0.2) is 8.78 Å². The molecule has 0 saturated carbocycles. The molecule has 0 aromatic heterocycles. The minimum Gasteiger partial charge on any atom is -0.342 e. The Bertz CT molecular complexity index is 550. The number of halogens is 2. The number of carbonyl (C=O) groups is 2. The van der Waals surface area contributed by atoms with Crippen LogP contribution < -0.4 is 0 Å². The van der Waals surface area contributed by atoms with E-state index in [9.17, 15) is 18.4 Å². The fourth-order valence-electron chi connectivity index (χ4n) is 2.40. The molecule has 0 spiro atoms. The van der Waals surface area contributed by atoms with Gasteiger partial charge in [-0.05, 0) is 24.0 Å². The number of nitrogens with zero attached hydrogens (tertiary/aromatic N) is 1. The van der Waals surface area contributed by atoms with Gasteiger partial charge in [-0.1, -0.05) is 17.8 Å². The van der Waals surface area contributed by atoms with E-state index in [1.54, 1.807) is 4.90 Å². The summed E-state index contributed by atoms with van der Waals surface area (Å²) in [5.74, 6) is -0.334. The largest absolute Gasteiger partial charge is 0.342 e. The highest BCUT2D eigenvalue weighted by molar-refractivity contribution is 8.13. The van der Waals surface area contributed by atoms with Crippen molar-refractivity contribution in [1.82, 2.24) is 4.90 Å². The van der Waals surface area contributed by atoms with Crippen molar-refractivity contribution in [2.45, 2.75) is 19.8 Å². The van der Waals surface area contributed by atoms with E-state index in [1.165, 1.54) is 30.8 Å². The number of hydrogen-bond acceptors (Lipinski definition) is 3. The smallest absolute Gasteiger partial charge is 0.222 e. The molecule has 2 rings (SSSR count). The molecule has 114 valence electrons. The van der Waals surface area contributed by atoms with E-state index >= 15 is 0 Å². The standard InChI is InChI=1S/C15H17F2NO2S/c1-10(19)21-9-11-6-15(20)18(8-11)5-4-12-2-3-13(16)7-14(12)17/h2-3,7,11H,4-6,8-9H2,1H3. The Morgan fingerprint density at radius 1 is 1.43 bits per heavy atom. The summed E-state index contributed by atoms with van der Waals surface area (Å²) in [6, 6.07) is 3.48. The molecular weight excluding hydrogens is 296 g/mol. The highest BCUT2D eigenvalue weighted by Crippen LogP contribution is 2.22. The van der Waals surface area contributed by atoms with Crippen molar-refractivity contribution in [1.29, 1.82) is 0 Å². The second kappa shape index (κ2) is 7.02. The summed E-state index contributed by atoms with van der Waals surface area (Å²) in [7, 11) is 0. The molecule has 21 heavy (non-hydrogen) atoms. The molecule has 0 bridgehead atoms. The summed E-state index contributed by atoms with van der Waals surface area (Å²) >= 11 is 1.23. The van der Waals surface area contributed by atoms with Crippen LogP contribution >= 0.6 is 11.8 Å². The fourth-order valence-corrected chi connectivity index (χ4v) is 3.09. The lowest BCUT2D eigenvalue weighted by Crippen LogP contribution is -2.28. The van der Waals surface area contributed by atoms with Crippen LogP contribution in [0.5, 0.6) is 0 Å². The van der Waals surface area contributed by atoms with Crippen LogP contribution in [0, 0.1) is 17.6 Å². The van der Waals surface area contributed by atoms with Gasteiger partial charge in [0.2, 0.25) is 5.91 Å². The summed E-state index contributed by atoms with van der Waals surface area (Å²) < 4.78 is 26.3. The molecule has 1 heterocycles. The second-order valence-corrected chi connectivity index (χ2v) is 6.40. The third-order valence-corrected chi connectivity index (χ3v) is 4.53. The molecule has 1 aliphatic heterocycles. The summed E-state index contributed by atoms with van der Waals surface area (Å²) in [5.41, 5.74) is 0.408. The third-order valence-electron chi connectivity index (χ3n) is 3.48. The number of benzene rings is 1. The highest BCUT2D eigenvalue weighted by Gasteiger charge is 2.29. The van der Waals surface area contributed by atoms with Crippen molar-refractivity contribution >= 4 is 22.8 Å². The second-order valence-electron chi connectivity index (χ2n) is 5.20. The molecule has 1 amide bonds. The third kappa shape index (κ3) is 4.52. The Hall–Kier alpha value is -1.43. The average molecular weight is 313 g/mol. The van der Waals surface area contributed by atoms with Gasteiger partial charge in [0.1, 0.15) is 11.6 Å². The molecule has 1 aromatic carbocycles. The minimum absolute atomic E-state index is 0.0340. The number of hydrogen-bond donors (Lipinski definition) is 0. The van der Waals surface area contributed by atoms with Crippen molar-refractivity contribution in [2.75, 3.05) is 18.8 Å². The summed E-state index contributed by atoms with van der Waals surface area (Å²) in [4.78, 5) is 24.5. The van der Waals surface area contributed by atoms with E-state index in [4.69, 9.17) is 0 Å². The van der Waals surface area contributed by atoms with Gasteiger partial charge in [0, 0.05) is 38.3 Å². The number of rotatable bonds is 5. The van der Waals surface area contributed by atoms with Crippen molar-refractivity contribution in [3.05, 3.63) is 35.4 Å². The average Bonchev–Trinajstić information content (AvgIpc) is 2.76. The van der Waals surface area contributed by atoms with Crippen molar-refractivity contribution < 1.29 is 18.4 Å². The monoisotopic (exact) mass is 313 g/mol. The van der Waals surface area contributed by atoms with Gasteiger partial charge in [0.15, 0.2) is 5.12 Å². The Morgan fingerprint density at radius 3 is 2.86 bits per heavy atom. The van der Waals surface area contributed by atoms with Crippen LogP contribution in [0.3, 0.4) is 0 Å². The Morgan fingerprint density at radius 2 is 2.19 bits per heavy atom. The van der Waals surface area contributed by atoms with E-state index in [1.807, 2.05) is 0 Å². The van der Waals surface area contributed by atoms with Crippen molar-refractivity contribution in [3.8, 4) is 0 Å². The Kier molecular flexibility index (Phi) is 5.33. The SMILES string of the molecule is CC(=O)SCC1CC(=O)N(CCc2ccc(F)cc2F)C1. The molecule has 0 aliphatic carbocycles. The van der Waals surface area contributed by atoms with E-state index < -0.39 is 11.6 Å². The van der Waals surface area contributed by atoms with E-state index in [0.29, 0.717) is 37.2 Å². The quantitative estimate of drug-likeness (QED) is 0.838. The van der Waals surface area contributed by atoms with Gasteiger partial charge in [0.05, 0.1) is 0 Å². The molecule has 0 radical (unpaired) electrons. The number of likely N-dealkylation sites (tertiary alicyclic amines) is 1. The van der Waals surface area contributed by atoms with Gasteiger partial charge >= 0.3 is 0 Å². The molecule has 1 aromatic rings. The lowest BCUT2D eigenvalue weighted by Gasteiger charge is -2.16. The van der Waals surface area contributed by atoms with Crippen LogP contribution in [0.2, 0.25) is 0 Å². The number of thioether (sulfide) groups is 1. The molecule has 1 unspecified atom stereocenters. The predicted octanol–water partition coefficient (Wildman–Crippen LogP) is 2.64. The minimum atomic E-state index is -0.602. The normalized spacial score (nSPS) is 18.3. The topological polar surface area (TPSA) is 37.4 Å². The van der Waals surface area contributed by atoms with Crippen LogP contribution in [0.4, 0.5) is 8.78 Å². The molecule has 3 nitrogen and oxygen atoms in total. The maximum Gasteiger partial charge on any atom is 0.222 e. The maximum atomic E-state index is 13.5. The first-order valence-electron chi connectivity index (χ1n) is 6.80. The first-order chi connectivity index (χ1) is 9.95. The van der Waals surface area contributed by atoms with Crippen LogP contribution in [0.15, 0.2) is 18.2 Å². The van der Waals surface area contributed by atoms with Crippen LogP contribution in [-0.4, -0.2) is 34.8 Å². The Balaban J connectivity index is 1.86. The lowest BCUT2D eigenvalue weighted by atomic mass is 10.1. The zero-order chi connectivity index (χ0) is 15.4. The number of amides is 1. The van der Waals surface area contributed by atoms with Gasteiger partial charge < -0.3 is 4.90 Å². The summed E-state index contributed by atoms with van der Waals surface area (Å²) in [6.45, 7) is 2.53. The maximum absolute atomic E-state index is 13.5. The molecule has 1 atom stereocenters. The zero-order valence-electron chi connectivity index (χ0n) is 11.8. The lowest BCUT2D eigenvalue weighted by molar-refractivity contribution is -0.127. The van der Waals surface area contributed by atoms with E-state index in [0.717, 1.165) is 6.07 Å². The van der Waals surface area contributed by atoms with Crippen molar-refractivity contribution in [2.24, 2.45) is 5.92 Å². The highest BCUT2D eigenvalue weighted by atomic mass is 32.2. The number of carbonyl (C=O) groups excluding carboxylic acids is 2. The molecule has 6 heteroatoms. The predicted molar refractivity (Wildman–Crippen MR) is 77.9 cm³/mol. The molecule has 0 N–H and O–H groups in total. The molecule has 1 fully saturated rings. The molecule has 1 aliphatic rings. The first kappa shape index (κ1) is 15.9. The molecular formula is C15H17F2NO2S. The summed E-state index contributed by atoms with van der Waals surface area (Å²) in [6.07, 6.45) is 0.802. The van der Waals surface area contributed by atoms with Crippen LogP contribution in [0.25, 0.3) is 0 Å². The first-order valence-corrected chi connectivity index (χ1v) is 7.79. The van der Waals surface area contributed by atoms with Gasteiger partial charge in [-0.3, -0.25) is 9.59 Å². The van der Waals surface area contributed by atoms with Crippen molar-refractivity contribution in [3.63, 3.8) is 0 Å². The van der Waals surface area contributed by atoms with Crippen LogP contribution in [0.1, 0.15) is 18.9 Å². The van der Waals surface area contributed by atoms with Gasteiger partial charge in [0.25, 0.3) is 0 Å². The zero-order valence-corrected chi connectivity index (χ0v) is 12.6. The Labute approximate surface area is 126 Å². The van der Waals surface area contributed by atoms with E-state index in [2.05, 4.69) is 0 Å². The van der Waals surface area contributed by atoms with Gasteiger partial charge in [-0.15, -0.1) is 0 Å². The van der Waals surface area contributed by atoms with Crippen LogP contribution in [-0.2, 0) is 16.0 Å².